The molecule has 0 fully saturated rings. The molecule has 0 amide bonds. The van der Waals surface area contributed by atoms with Crippen molar-refractivity contribution in [1.29, 1.82) is 0 Å². The Balaban J connectivity index is 2.71. The van der Waals surface area contributed by atoms with E-state index in [0.29, 0.717) is 5.75 Å². The summed E-state index contributed by atoms with van der Waals surface area (Å²) >= 11 is 0. The lowest BCUT2D eigenvalue weighted by atomic mass is 9.84. The van der Waals surface area contributed by atoms with E-state index in [-0.39, 0.29) is 5.41 Å². The van der Waals surface area contributed by atoms with Crippen molar-refractivity contribution in [3.8, 4) is 5.75 Å². The van der Waals surface area contributed by atoms with E-state index in [0.717, 1.165) is 18.4 Å². The molecule has 102 valence electrons. The summed E-state index contributed by atoms with van der Waals surface area (Å²) in [6.45, 7) is 10.4. The normalized spacial score (nSPS) is 14.1. The van der Waals surface area contributed by atoms with Crippen molar-refractivity contribution < 1.29 is 5.11 Å². The number of allylic oxidation sites excluding steroid dienone is 4. The zero-order valence-electron chi connectivity index (χ0n) is 12.2. The van der Waals surface area contributed by atoms with Gasteiger partial charge in [0.25, 0.3) is 0 Å². The molecule has 0 aliphatic carbocycles. The van der Waals surface area contributed by atoms with Crippen LogP contribution in [-0.4, -0.2) is 5.11 Å². The van der Waals surface area contributed by atoms with Gasteiger partial charge in [0, 0.05) is 5.41 Å². The van der Waals surface area contributed by atoms with Crippen LogP contribution in [0.15, 0.2) is 54.6 Å². The lowest BCUT2D eigenvalue weighted by Gasteiger charge is -2.20. The molecule has 0 spiro atoms. The predicted molar refractivity (Wildman–Crippen MR) is 84.1 cm³/mol. The molecule has 19 heavy (non-hydrogen) atoms. The summed E-state index contributed by atoms with van der Waals surface area (Å²) in [6.07, 6.45) is 10.6. The lowest BCUT2D eigenvalue weighted by molar-refractivity contribution is 0.475. The van der Waals surface area contributed by atoms with E-state index < -0.39 is 0 Å². The molecule has 1 aromatic rings. The summed E-state index contributed by atoms with van der Waals surface area (Å²) in [4.78, 5) is 0. The van der Waals surface area contributed by atoms with Crippen LogP contribution >= 0.6 is 0 Å². The largest absolute Gasteiger partial charge is 0.508 e. The highest BCUT2D eigenvalue weighted by Crippen LogP contribution is 2.28. The van der Waals surface area contributed by atoms with Crippen molar-refractivity contribution in [3.05, 3.63) is 60.2 Å². The van der Waals surface area contributed by atoms with Crippen molar-refractivity contribution in [2.24, 2.45) is 5.41 Å². The van der Waals surface area contributed by atoms with Gasteiger partial charge in [0.05, 0.1) is 0 Å². The SMILES string of the molecule is C=CC(C)(/C=C/c1ccc(O)cc1)CCC=C(C)C. The first-order valence-corrected chi connectivity index (χ1v) is 6.70. The zero-order chi connectivity index (χ0) is 14.3. The average molecular weight is 256 g/mol. The fourth-order valence-electron chi connectivity index (χ4n) is 1.80. The van der Waals surface area contributed by atoms with Gasteiger partial charge in [0.2, 0.25) is 0 Å². The van der Waals surface area contributed by atoms with E-state index in [1.165, 1.54) is 5.57 Å². The summed E-state index contributed by atoms with van der Waals surface area (Å²) in [7, 11) is 0. The third-order valence-electron chi connectivity index (χ3n) is 3.25. The quantitative estimate of drug-likeness (QED) is 0.681. The van der Waals surface area contributed by atoms with Gasteiger partial charge in [-0.05, 0) is 44.4 Å². The summed E-state index contributed by atoms with van der Waals surface area (Å²) in [5.41, 5.74) is 2.45. The number of phenolic OH excluding ortho intramolecular Hbond substituents is 1. The van der Waals surface area contributed by atoms with E-state index in [1.807, 2.05) is 18.2 Å². The Labute approximate surface area is 117 Å². The maximum Gasteiger partial charge on any atom is 0.115 e. The molecule has 1 N–H and O–H groups in total. The molecule has 1 nitrogen and oxygen atoms in total. The van der Waals surface area contributed by atoms with E-state index in [1.54, 1.807) is 12.1 Å². The van der Waals surface area contributed by atoms with Gasteiger partial charge in [-0.1, -0.05) is 48.9 Å². The van der Waals surface area contributed by atoms with E-state index >= 15 is 0 Å². The van der Waals surface area contributed by atoms with Crippen molar-refractivity contribution in [2.75, 3.05) is 0 Å². The number of aromatic hydroxyl groups is 1. The number of phenols is 1. The topological polar surface area (TPSA) is 20.2 Å². The van der Waals surface area contributed by atoms with Gasteiger partial charge in [-0.15, -0.1) is 6.58 Å². The number of rotatable bonds is 6. The van der Waals surface area contributed by atoms with Gasteiger partial charge >= 0.3 is 0 Å². The first-order valence-electron chi connectivity index (χ1n) is 6.70. The maximum absolute atomic E-state index is 9.25. The van der Waals surface area contributed by atoms with Crippen LogP contribution in [0, 0.1) is 5.41 Å². The highest BCUT2D eigenvalue weighted by molar-refractivity contribution is 5.51. The molecule has 0 aliphatic heterocycles. The summed E-state index contributed by atoms with van der Waals surface area (Å²) in [6, 6.07) is 7.22. The molecule has 1 rings (SSSR count). The fraction of sp³-hybridized carbons (Fsp3) is 0.333. The van der Waals surface area contributed by atoms with E-state index in [4.69, 9.17) is 0 Å². The molecule has 0 saturated heterocycles. The smallest absolute Gasteiger partial charge is 0.115 e. The fourth-order valence-corrected chi connectivity index (χ4v) is 1.80. The highest BCUT2D eigenvalue weighted by atomic mass is 16.3. The summed E-state index contributed by atoms with van der Waals surface area (Å²) < 4.78 is 0. The maximum atomic E-state index is 9.25. The molecule has 0 aliphatic rings. The highest BCUT2D eigenvalue weighted by Gasteiger charge is 2.14. The third kappa shape index (κ3) is 5.60. The second-order valence-corrected chi connectivity index (χ2v) is 5.45. The van der Waals surface area contributed by atoms with Crippen LogP contribution < -0.4 is 0 Å². The van der Waals surface area contributed by atoms with Crippen LogP contribution in [0.1, 0.15) is 39.2 Å². The summed E-state index contributed by atoms with van der Waals surface area (Å²) in [5.74, 6) is 0.298. The molecule has 0 aromatic heterocycles. The minimum Gasteiger partial charge on any atom is -0.508 e. The Morgan fingerprint density at radius 2 is 1.89 bits per heavy atom. The van der Waals surface area contributed by atoms with Crippen LogP contribution in [0.2, 0.25) is 0 Å². The van der Waals surface area contributed by atoms with Crippen molar-refractivity contribution in [2.45, 2.75) is 33.6 Å². The Morgan fingerprint density at radius 3 is 2.42 bits per heavy atom. The number of hydrogen-bond acceptors (Lipinski definition) is 1. The van der Waals surface area contributed by atoms with Gasteiger partial charge in [0.15, 0.2) is 0 Å². The predicted octanol–water partition coefficient (Wildman–Crippen LogP) is 5.34. The minimum atomic E-state index is 0.00381. The molecule has 1 unspecified atom stereocenters. The molecule has 0 bridgehead atoms. The first-order chi connectivity index (χ1) is 8.95. The lowest BCUT2D eigenvalue weighted by Crippen LogP contribution is -2.08. The Bertz CT molecular complexity index is 461. The molecule has 1 heteroatoms. The second-order valence-electron chi connectivity index (χ2n) is 5.45. The standard InChI is InChI=1S/C18H24O/c1-5-18(4,13-6-7-15(2)3)14-12-16-8-10-17(19)11-9-16/h5,7-12,14,19H,1,6,13H2,2-4H3/b14-12+. The Kier molecular flexibility index (Phi) is 5.62. The minimum absolute atomic E-state index is 0.00381. The Morgan fingerprint density at radius 1 is 1.26 bits per heavy atom. The second kappa shape index (κ2) is 6.98. The van der Waals surface area contributed by atoms with Crippen LogP contribution in [0.25, 0.3) is 6.08 Å². The van der Waals surface area contributed by atoms with Crippen LogP contribution in [0.4, 0.5) is 0 Å². The average Bonchev–Trinajstić information content (AvgIpc) is 2.38. The van der Waals surface area contributed by atoms with E-state index in [9.17, 15) is 5.11 Å². The Hall–Kier alpha value is -1.76. The van der Waals surface area contributed by atoms with Crippen LogP contribution in [0.5, 0.6) is 5.75 Å². The number of hydrogen-bond donors (Lipinski definition) is 1. The van der Waals surface area contributed by atoms with Gasteiger partial charge in [-0.2, -0.15) is 0 Å². The molecular formula is C18H24O. The van der Waals surface area contributed by atoms with E-state index in [2.05, 4.69) is 45.6 Å². The molecule has 0 heterocycles. The van der Waals surface area contributed by atoms with Gasteiger partial charge < -0.3 is 5.11 Å². The van der Waals surface area contributed by atoms with Gasteiger partial charge in [-0.3, -0.25) is 0 Å². The summed E-state index contributed by atoms with van der Waals surface area (Å²) in [5, 5.41) is 9.25. The monoisotopic (exact) mass is 256 g/mol. The molecule has 0 radical (unpaired) electrons. The third-order valence-corrected chi connectivity index (χ3v) is 3.25. The molecule has 0 saturated carbocycles. The van der Waals surface area contributed by atoms with Crippen molar-refractivity contribution in [3.63, 3.8) is 0 Å². The van der Waals surface area contributed by atoms with Gasteiger partial charge in [-0.25, -0.2) is 0 Å². The van der Waals surface area contributed by atoms with Crippen LogP contribution in [-0.2, 0) is 0 Å². The van der Waals surface area contributed by atoms with Crippen molar-refractivity contribution >= 4 is 6.08 Å². The molecule has 1 atom stereocenters. The number of benzene rings is 1. The van der Waals surface area contributed by atoms with Gasteiger partial charge in [0.1, 0.15) is 5.75 Å². The van der Waals surface area contributed by atoms with Crippen molar-refractivity contribution in [1.82, 2.24) is 0 Å². The zero-order valence-corrected chi connectivity index (χ0v) is 12.2. The first kappa shape index (κ1) is 15.3. The van der Waals surface area contributed by atoms with Crippen LogP contribution in [0.3, 0.4) is 0 Å². The molecular weight excluding hydrogens is 232 g/mol. The molecule has 1 aromatic carbocycles.